The summed E-state index contributed by atoms with van der Waals surface area (Å²) in [5.41, 5.74) is 0.0454. The van der Waals surface area contributed by atoms with Crippen LogP contribution in [-0.2, 0) is 0 Å². The maximum absolute atomic E-state index is 11.5. The van der Waals surface area contributed by atoms with Crippen molar-refractivity contribution in [1.82, 2.24) is 5.32 Å². The van der Waals surface area contributed by atoms with E-state index in [1.54, 1.807) is 11.4 Å². The standard InChI is InChI=1S/C10H13NO2S/c12-9(8-2-5-14-6-8)11-7-10(13)3-1-4-10/h2,5-6,13H,1,3-4,7H2,(H,11,12). The second kappa shape index (κ2) is 3.71. The molecule has 4 heteroatoms. The SMILES string of the molecule is O=C(NCC1(O)CCC1)c1ccsc1. The first-order chi connectivity index (χ1) is 6.70. The van der Waals surface area contributed by atoms with Gasteiger partial charge in [0.05, 0.1) is 5.60 Å². The summed E-state index contributed by atoms with van der Waals surface area (Å²) in [5.74, 6) is -0.0911. The summed E-state index contributed by atoms with van der Waals surface area (Å²) in [6.45, 7) is 0.377. The van der Waals surface area contributed by atoms with Crippen molar-refractivity contribution in [3.8, 4) is 0 Å². The Morgan fingerprint density at radius 2 is 2.43 bits per heavy atom. The Kier molecular flexibility index (Phi) is 2.56. The molecule has 76 valence electrons. The molecule has 1 saturated carbocycles. The van der Waals surface area contributed by atoms with Crippen LogP contribution in [0.5, 0.6) is 0 Å². The van der Waals surface area contributed by atoms with Crippen molar-refractivity contribution in [1.29, 1.82) is 0 Å². The number of hydrogen-bond acceptors (Lipinski definition) is 3. The lowest BCUT2D eigenvalue weighted by Crippen LogP contribution is -2.47. The molecule has 0 aromatic carbocycles. The van der Waals surface area contributed by atoms with Crippen molar-refractivity contribution in [2.75, 3.05) is 6.54 Å². The lowest BCUT2D eigenvalue weighted by molar-refractivity contribution is -0.0300. The molecule has 1 aliphatic rings. The van der Waals surface area contributed by atoms with Crippen molar-refractivity contribution in [3.63, 3.8) is 0 Å². The molecule has 1 fully saturated rings. The van der Waals surface area contributed by atoms with E-state index in [4.69, 9.17) is 0 Å². The summed E-state index contributed by atoms with van der Waals surface area (Å²) in [6.07, 6.45) is 2.67. The zero-order valence-electron chi connectivity index (χ0n) is 7.82. The summed E-state index contributed by atoms with van der Waals surface area (Å²) in [4.78, 5) is 11.5. The van der Waals surface area contributed by atoms with Crippen LogP contribution in [-0.4, -0.2) is 23.2 Å². The first-order valence-corrected chi connectivity index (χ1v) is 5.67. The number of carbonyl (C=O) groups excluding carboxylic acids is 1. The predicted octanol–water partition coefficient (Wildman–Crippen LogP) is 1.39. The molecule has 0 bridgehead atoms. The van der Waals surface area contributed by atoms with Crippen molar-refractivity contribution in [2.45, 2.75) is 24.9 Å². The third-order valence-electron chi connectivity index (χ3n) is 2.65. The van der Waals surface area contributed by atoms with E-state index < -0.39 is 5.60 Å². The van der Waals surface area contributed by atoms with Crippen molar-refractivity contribution in [3.05, 3.63) is 22.4 Å². The third kappa shape index (κ3) is 1.96. The van der Waals surface area contributed by atoms with Gasteiger partial charge in [0.15, 0.2) is 0 Å². The summed E-state index contributed by atoms with van der Waals surface area (Å²) >= 11 is 1.50. The molecule has 0 atom stereocenters. The van der Waals surface area contributed by atoms with E-state index in [9.17, 15) is 9.90 Å². The molecule has 1 amide bonds. The number of hydrogen-bond donors (Lipinski definition) is 2. The molecule has 0 saturated heterocycles. The van der Waals surface area contributed by atoms with Crippen LogP contribution in [0.1, 0.15) is 29.6 Å². The second-order valence-corrected chi connectivity index (χ2v) is 4.55. The quantitative estimate of drug-likeness (QED) is 0.793. The van der Waals surface area contributed by atoms with Crippen molar-refractivity contribution in [2.24, 2.45) is 0 Å². The van der Waals surface area contributed by atoms with Crippen LogP contribution in [0.4, 0.5) is 0 Å². The molecule has 2 N–H and O–H groups in total. The maximum Gasteiger partial charge on any atom is 0.252 e. The molecular weight excluding hydrogens is 198 g/mol. The first-order valence-electron chi connectivity index (χ1n) is 4.72. The van der Waals surface area contributed by atoms with Gasteiger partial charge < -0.3 is 10.4 Å². The zero-order valence-corrected chi connectivity index (χ0v) is 8.64. The number of carbonyl (C=O) groups is 1. The summed E-state index contributed by atoms with van der Waals surface area (Å²) in [5, 5.41) is 16.2. The lowest BCUT2D eigenvalue weighted by Gasteiger charge is -2.36. The fourth-order valence-corrected chi connectivity index (χ4v) is 2.14. The fraction of sp³-hybridized carbons (Fsp3) is 0.500. The van der Waals surface area contributed by atoms with Gasteiger partial charge in [0.25, 0.3) is 5.91 Å². The van der Waals surface area contributed by atoms with Gasteiger partial charge in [-0.25, -0.2) is 0 Å². The molecule has 0 aliphatic heterocycles. The summed E-state index contributed by atoms with van der Waals surface area (Å²) < 4.78 is 0. The highest BCUT2D eigenvalue weighted by molar-refractivity contribution is 7.08. The average molecular weight is 211 g/mol. The molecule has 0 unspecified atom stereocenters. The highest BCUT2D eigenvalue weighted by Gasteiger charge is 2.34. The average Bonchev–Trinajstić information content (AvgIpc) is 2.63. The van der Waals surface area contributed by atoms with Crippen LogP contribution in [0.2, 0.25) is 0 Å². The van der Waals surface area contributed by atoms with Gasteiger partial charge in [0, 0.05) is 17.5 Å². The largest absolute Gasteiger partial charge is 0.388 e. The van der Waals surface area contributed by atoms with Crippen LogP contribution < -0.4 is 5.32 Å². The minimum Gasteiger partial charge on any atom is -0.388 e. The smallest absolute Gasteiger partial charge is 0.252 e. The number of aliphatic hydroxyl groups is 1. The Hall–Kier alpha value is -0.870. The van der Waals surface area contributed by atoms with E-state index in [1.165, 1.54) is 11.3 Å². The minimum absolute atomic E-state index is 0.0911. The monoisotopic (exact) mass is 211 g/mol. The van der Waals surface area contributed by atoms with Crippen LogP contribution in [0.3, 0.4) is 0 Å². The van der Waals surface area contributed by atoms with Crippen LogP contribution in [0.15, 0.2) is 16.8 Å². The van der Waals surface area contributed by atoms with Crippen LogP contribution in [0, 0.1) is 0 Å². The van der Waals surface area contributed by atoms with Crippen LogP contribution in [0.25, 0.3) is 0 Å². The molecule has 2 rings (SSSR count). The van der Waals surface area contributed by atoms with E-state index in [2.05, 4.69) is 5.32 Å². The van der Waals surface area contributed by atoms with Gasteiger partial charge in [-0.05, 0) is 30.7 Å². The van der Waals surface area contributed by atoms with E-state index in [0.717, 1.165) is 19.3 Å². The van der Waals surface area contributed by atoms with E-state index >= 15 is 0 Å². The number of thiophene rings is 1. The molecule has 1 aromatic rings. The van der Waals surface area contributed by atoms with Gasteiger partial charge in [-0.3, -0.25) is 4.79 Å². The molecule has 1 aromatic heterocycles. The normalized spacial score (nSPS) is 18.6. The Morgan fingerprint density at radius 1 is 1.64 bits per heavy atom. The first kappa shape index (κ1) is 9.68. The highest BCUT2D eigenvalue weighted by Crippen LogP contribution is 2.30. The van der Waals surface area contributed by atoms with Gasteiger partial charge in [-0.1, -0.05) is 0 Å². The van der Waals surface area contributed by atoms with Gasteiger partial charge in [0.2, 0.25) is 0 Å². The molecule has 1 heterocycles. The molecule has 0 spiro atoms. The van der Waals surface area contributed by atoms with Gasteiger partial charge in [-0.2, -0.15) is 11.3 Å². The Labute approximate surface area is 86.8 Å². The molecule has 3 nitrogen and oxygen atoms in total. The molecular formula is C10H13NO2S. The number of amides is 1. The van der Waals surface area contributed by atoms with Gasteiger partial charge in [-0.15, -0.1) is 0 Å². The number of rotatable bonds is 3. The Morgan fingerprint density at radius 3 is 2.93 bits per heavy atom. The Bertz CT molecular complexity index is 317. The zero-order chi connectivity index (χ0) is 10.0. The van der Waals surface area contributed by atoms with E-state index in [-0.39, 0.29) is 5.91 Å². The highest BCUT2D eigenvalue weighted by atomic mass is 32.1. The van der Waals surface area contributed by atoms with Crippen molar-refractivity contribution < 1.29 is 9.90 Å². The summed E-state index contributed by atoms with van der Waals surface area (Å²) in [7, 11) is 0. The van der Waals surface area contributed by atoms with Gasteiger partial charge in [0.1, 0.15) is 0 Å². The molecule has 0 radical (unpaired) electrons. The minimum atomic E-state index is -0.633. The van der Waals surface area contributed by atoms with E-state index in [1.807, 2.05) is 5.38 Å². The topological polar surface area (TPSA) is 49.3 Å². The summed E-state index contributed by atoms with van der Waals surface area (Å²) in [6, 6.07) is 1.78. The molecule has 1 aliphatic carbocycles. The predicted molar refractivity (Wildman–Crippen MR) is 55.5 cm³/mol. The second-order valence-electron chi connectivity index (χ2n) is 3.77. The third-order valence-corrected chi connectivity index (χ3v) is 3.33. The van der Waals surface area contributed by atoms with Gasteiger partial charge >= 0.3 is 0 Å². The van der Waals surface area contributed by atoms with Crippen LogP contribution >= 0.6 is 11.3 Å². The fourth-order valence-electron chi connectivity index (χ4n) is 1.50. The van der Waals surface area contributed by atoms with Crippen molar-refractivity contribution >= 4 is 17.2 Å². The maximum atomic E-state index is 11.5. The number of nitrogens with one attached hydrogen (secondary N) is 1. The molecule has 14 heavy (non-hydrogen) atoms. The Balaban J connectivity index is 1.84. The lowest BCUT2D eigenvalue weighted by atomic mass is 9.80. The van der Waals surface area contributed by atoms with E-state index in [0.29, 0.717) is 12.1 Å².